The first-order chi connectivity index (χ1) is 12.7. The van der Waals surface area contributed by atoms with Crippen LogP contribution in [0.2, 0.25) is 0 Å². The normalized spacial score (nSPS) is 19.6. The molecule has 1 N–H and O–H groups in total. The van der Waals surface area contributed by atoms with Gasteiger partial charge in [0.05, 0.1) is 0 Å². The van der Waals surface area contributed by atoms with Gasteiger partial charge in [-0.1, -0.05) is 25.1 Å². The highest BCUT2D eigenvalue weighted by Crippen LogP contribution is 2.16. The van der Waals surface area contributed by atoms with E-state index in [-0.39, 0.29) is 6.03 Å². The van der Waals surface area contributed by atoms with E-state index in [0.717, 1.165) is 45.1 Å². The number of rotatable bonds is 6. The molecule has 0 spiro atoms. The summed E-state index contributed by atoms with van der Waals surface area (Å²) in [6.07, 6.45) is 4.93. The van der Waals surface area contributed by atoms with E-state index in [1.807, 2.05) is 11.0 Å². The SMILES string of the molecule is CC1CCN(CCCCNC(=O)N2CCN(c3ccccc3)CC2)CC1. The average molecular weight is 359 g/mol. The molecule has 0 aliphatic carbocycles. The zero-order chi connectivity index (χ0) is 18.2. The van der Waals surface area contributed by atoms with E-state index in [4.69, 9.17) is 0 Å². The zero-order valence-corrected chi connectivity index (χ0v) is 16.2. The van der Waals surface area contributed by atoms with Crippen molar-refractivity contribution in [2.24, 2.45) is 5.92 Å². The monoisotopic (exact) mass is 358 g/mol. The van der Waals surface area contributed by atoms with E-state index in [1.165, 1.54) is 44.6 Å². The molecule has 0 bridgehead atoms. The van der Waals surface area contributed by atoms with Gasteiger partial charge in [0.25, 0.3) is 0 Å². The van der Waals surface area contributed by atoms with Crippen LogP contribution in [-0.2, 0) is 0 Å². The van der Waals surface area contributed by atoms with Gasteiger partial charge in [0.15, 0.2) is 0 Å². The number of carbonyl (C=O) groups excluding carboxylic acids is 1. The quantitative estimate of drug-likeness (QED) is 0.795. The highest BCUT2D eigenvalue weighted by molar-refractivity contribution is 5.74. The smallest absolute Gasteiger partial charge is 0.317 e. The van der Waals surface area contributed by atoms with Crippen LogP contribution in [0, 0.1) is 5.92 Å². The number of unbranched alkanes of at least 4 members (excludes halogenated alkanes) is 1. The van der Waals surface area contributed by atoms with Crippen LogP contribution in [0.25, 0.3) is 0 Å². The predicted octanol–water partition coefficient (Wildman–Crippen LogP) is 3.03. The molecule has 0 saturated carbocycles. The largest absolute Gasteiger partial charge is 0.368 e. The second-order valence-corrected chi connectivity index (χ2v) is 7.77. The summed E-state index contributed by atoms with van der Waals surface area (Å²) < 4.78 is 0. The number of nitrogens with zero attached hydrogens (tertiary/aromatic N) is 3. The lowest BCUT2D eigenvalue weighted by atomic mass is 9.99. The molecule has 5 nitrogen and oxygen atoms in total. The zero-order valence-electron chi connectivity index (χ0n) is 16.2. The number of hydrogen-bond acceptors (Lipinski definition) is 3. The predicted molar refractivity (Wildman–Crippen MR) is 108 cm³/mol. The molecule has 0 aromatic heterocycles. The molecule has 1 aromatic carbocycles. The Balaban J connectivity index is 1.26. The van der Waals surface area contributed by atoms with Crippen molar-refractivity contribution in [1.82, 2.24) is 15.1 Å². The number of nitrogens with one attached hydrogen (secondary N) is 1. The molecule has 26 heavy (non-hydrogen) atoms. The fourth-order valence-electron chi connectivity index (χ4n) is 3.86. The van der Waals surface area contributed by atoms with E-state index in [1.54, 1.807) is 0 Å². The summed E-state index contributed by atoms with van der Waals surface area (Å²) in [5, 5.41) is 3.10. The molecule has 2 saturated heterocycles. The topological polar surface area (TPSA) is 38.8 Å². The molecule has 2 aliphatic heterocycles. The van der Waals surface area contributed by atoms with Gasteiger partial charge >= 0.3 is 6.03 Å². The van der Waals surface area contributed by atoms with Crippen molar-refractivity contribution in [2.45, 2.75) is 32.6 Å². The second kappa shape index (κ2) is 9.81. The molecular weight excluding hydrogens is 324 g/mol. The van der Waals surface area contributed by atoms with Gasteiger partial charge in [-0.05, 0) is 63.4 Å². The molecule has 2 fully saturated rings. The first-order valence-electron chi connectivity index (χ1n) is 10.3. The van der Waals surface area contributed by atoms with Crippen molar-refractivity contribution in [3.05, 3.63) is 30.3 Å². The number of amides is 2. The maximum atomic E-state index is 12.3. The van der Waals surface area contributed by atoms with Crippen LogP contribution in [0.1, 0.15) is 32.6 Å². The number of benzene rings is 1. The van der Waals surface area contributed by atoms with Gasteiger partial charge in [-0.3, -0.25) is 0 Å². The van der Waals surface area contributed by atoms with Crippen LogP contribution >= 0.6 is 0 Å². The number of anilines is 1. The van der Waals surface area contributed by atoms with Gasteiger partial charge < -0.3 is 20.0 Å². The molecule has 2 aliphatic rings. The maximum absolute atomic E-state index is 12.3. The van der Waals surface area contributed by atoms with Crippen LogP contribution in [0.15, 0.2) is 30.3 Å². The molecule has 5 heteroatoms. The standard InChI is InChI=1S/C21H34N4O/c1-19-9-13-23(14-10-19)12-6-5-11-22-21(26)25-17-15-24(16-18-25)20-7-3-2-4-8-20/h2-4,7-8,19H,5-6,9-18H2,1H3,(H,22,26). The third kappa shape index (κ3) is 5.63. The lowest BCUT2D eigenvalue weighted by Crippen LogP contribution is -2.52. The lowest BCUT2D eigenvalue weighted by molar-refractivity contribution is 0.186. The summed E-state index contributed by atoms with van der Waals surface area (Å²) in [4.78, 5) is 19.2. The minimum absolute atomic E-state index is 0.101. The van der Waals surface area contributed by atoms with Crippen LogP contribution in [0.3, 0.4) is 0 Å². The van der Waals surface area contributed by atoms with Crippen LogP contribution < -0.4 is 10.2 Å². The summed E-state index contributed by atoms with van der Waals surface area (Å²) >= 11 is 0. The van der Waals surface area contributed by atoms with Crippen LogP contribution in [0.5, 0.6) is 0 Å². The Hall–Kier alpha value is -1.75. The summed E-state index contributed by atoms with van der Waals surface area (Å²) in [7, 11) is 0. The van der Waals surface area contributed by atoms with Gasteiger partial charge in [-0.2, -0.15) is 0 Å². The van der Waals surface area contributed by atoms with Crippen molar-refractivity contribution in [3.63, 3.8) is 0 Å². The molecule has 0 radical (unpaired) electrons. The fourth-order valence-corrected chi connectivity index (χ4v) is 3.86. The highest BCUT2D eigenvalue weighted by Gasteiger charge is 2.21. The van der Waals surface area contributed by atoms with E-state index in [2.05, 4.69) is 46.3 Å². The summed E-state index contributed by atoms with van der Waals surface area (Å²) in [5.41, 5.74) is 1.25. The Kier molecular flexibility index (Phi) is 7.18. The Morgan fingerprint density at radius 2 is 1.69 bits per heavy atom. The molecule has 0 unspecified atom stereocenters. The van der Waals surface area contributed by atoms with Crippen molar-refractivity contribution in [2.75, 3.05) is 57.3 Å². The molecular formula is C21H34N4O. The van der Waals surface area contributed by atoms with Gasteiger partial charge in [-0.15, -0.1) is 0 Å². The minimum atomic E-state index is 0.101. The van der Waals surface area contributed by atoms with E-state index >= 15 is 0 Å². The molecule has 0 atom stereocenters. The second-order valence-electron chi connectivity index (χ2n) is 7.77. The van der Waals surface area contributed by atoms with Crippen molar-refractivity contribution in [3.8, 4) is 0 Å². The molecule has 144 valence electrons. The Bertz CT molecular complexity index is 534. The minimum Gasteiger partial charge on any atom is -0.368 e. The van der Waals surface area contributed by atoms with Crippen molar-refractivity contribution in [1.29, 1.82) is 0 Å². The average Bonchev–Trinajstić information content (AvgIpc) is 2.70. The molecule has 2 amide bonds. The van der Waals surface area contributed by atoms with Gasteiger partial charge in [0, 0.05) is 38.4 Å². The van der Waals surface area contributed by atoms with Crippen molar-refractivity contribution >= 4 is 11.7 Å². The fraction of sp³-hybridized carbons (Fsp3) is 0.667. The number of piperazine rings is 1. The van der Waals surface area contributed by atoms with Gasteiger partial charge in [0.2, 0.25) is 0 Å². The third-order valence-electron chi connectivity index (χ3n) is 5.74. The van der Waals surface area contributed by atoms with Gasteiger partial charge in [-0.25, -0.2) is 4.79 Å². The molecule has 3 rings (SSSR count). The Labute approximate surface area is 158 Å². The number of para-hydroxylation sites is 1. The van der Waals surface area contributed by atoms with E-state index < -0.39 is 0 Å². The van der Waals surface area contributed by atoms with E-state index in [9.17, 15) is 4.79 Å². The lowest BCUT2D eigenvalue weighted by Gasteiger charge is -2.36. The number of urea groups is 1. The van der Waals surface area contributed by atoms with E-state index in [0.29, 0.717) is 0 Å². The van der Waals surface area contributed by atoms with Crippen LogP contribution in [0.4, 0.5) is 10.5 Å². The number of hydrogen-bond donors (Lipinski definition) is 1. The summed E-state index contributed by atoms with van der Waals surface area (Å²) in [6, 6.07) is 10.6. The first kappa shape index (κ1) is 19.0. The number of likely N-dealkylation sites (tertiary alicyclic amines) is 1. The number of piperidine rings is 1. The van der Waals surface area contributed by atoms with Gasteiger partial charge in [0.1, 0.15) is 0 Å². The molecule has 1 aromatic rings. The van der Waals surface area contributed by atoms with Crippen LogP contribution in [-0.4, -0.2) is 68.2 Å². The van der Waals surface area contributed by atoms with Crippen molar-refractivity contribution < 1.29 is 4.79 Å². The number of carbonyl (C=O) groups is 1. The molecule has 2 heterocycles. The Morgan fingerprint density at radius 3 is 2.38 bits per heavy atom. The highest BCUT2D eigenvalue weighted by atomic mass is 16.2. The maximum Gasteiger partial charge on any atom is 0.317 e. The third-order valence-corrected chi connectivity index (χ3v) is 5.74. The summed E-state index contributed by atoms with van der Waals surface area (Å²) in [5.74, 6) is 0.896. The Morgan fingerprint density at radius 1 is 1.00 bits per heavy atom. The summed E-state index contributed by atoms with van der Waals surface area (Å²) in [6.45, 7) is 10.2. The first-order valence-corrected chi connectivity index (χ1v) is 10.3.